The molecule has 0 aliphatic carbocycles. The Hall–Kier alpha value is -1.65. The SMILES string of the molecule is C=C(C)C(=O)C(CCC(C)COC(C)=O)OC(C)=O. The second-order valence-electron chi connectivity index (χ2n) is 4.73. The molecule has 0 saturated carbocycles. The van der Waals surface area contributed by atoms with E-state index in [-0.39, 0.29) is 17.7 Å². The van der Waals surface area contributed by atoms with Crippen LogP contribution in [0.5, 0.6) is 0 Å². The van der Waals surface area contributed by atoms with Crippen LogP contribution in [0.4, 0.5) is 0 Å². The van der Waals surface area contributed by atoms with E-state index in [2.05, 4.69) is 6.58 Å². The third kappa shape index (κ3) is 8.13. The average molecular weight is 270 g/mol. The lowest BCUT2D eigenvalue weighted by Gasteiger charge is -2.18. The van der Waals surface area contributed by atoms with E-state index in [0.29, 0.717) is 25.0 Å². The predicted octanol–water partition coefficient (Wildman–Crippen LogP) is 2.04. The summed E-state index contributed by atoms with van der Waals surface area (Å²) in [6.45, 7) is 9.95. The lowest BCUT2D eigenvalue weighted by atomic mass is 9.99. The number of esters is 2. The van der Waals surface area contributed by atoms with Crippen LogP contribution in [0.1, 0.15) is 40.5 Å². The van der Waals surface area contributed by atoms with Crippen LogP contribution in [-0.2, 0) is 23.9 Å². The fourth-order valence-electron chi connectivity index (χ4n) is 1.50. The van der Waals surface area contributed by atoms with Crippen molar-refractivity contribution in [1.82, 2.24) is 0 Å². The van der Waals surface area contributed by atoms with Gasteiger partial charge in [-0.1, -0.05) is 13.5 Å². The van der Waals surface area contributed by atoms with Crippen molar-refractivity contribution >= 4 is 17.7 Å². The summed E-state index contributed by atoms with van der Waals surface area (Å²) in [6.07, 6.45) is 0.215. The zero-order valence-electron chi connectivity index (χ0n) is 12.0. The Morgan fingerprint density at radius 2 is 1.63 bits per heavy atom. The Labute approximate surface area is 114 Å². The maximum Gasteiger partial charge on any atom is 0.303 e. The standard InChI is InChI=1S/C14H22O5/c1-9(2)14(17)13(19-12(5)16)7-6-10(3)8-18-11(4)15/h10,13H,1,6-8H2,2-5H3. The highest BCUT2D eigenvalue weighted by Gasteiger charge is 2.22. The van der Waals surface area contributed by atoms with Gasteiger partial charge in [0.2, 0.25) is 0 Å². The number of rotatable bonds is 8. The number of carbonyl (C=O) groups is 3. The number of ketones is 1. The highest BCUT2D eigenvalue weighted by Crippen LogP contribution is 2.14. The van der Waals surface area contributed by atoms with E-state index < -0.39 is 12.1 Å². The first-order chi connectivity index (χ1) is 8.73. The molecular weight excluding hydrogens is 248 g/mol. The summed E-state index contributed by atoms with van der Waals surface area (Å²) in [5.74, 6) is -0.997. The zero-order chi connectivity index (χ0) is 15.0. The van der Waals surface area contributed by atoms with Crippen molar-refractivity contribution in [3.8, 4) is 0 Å². The van der Waals surface area contributed by atoms with E-state index in [1.54, 1.807) is 6.92 Å². The average Bonchev–Trinajstić information content (AvgIpc) is 2.30. The molecule has 0 aliphatic heterocycles. The Balaban J connectivity index is 4.33. The van der Waals surface area contributed by atoms with E-state index in [1.807, 2.05) is 6.92 Å². The molecule has 0 spiro atoms. The molecule has 0 radical (unpaired) electrons. The first-order valence-electron chi connectivity index (χ1n) is 6.24. The molecule has 0 bridgehead atoms. The quantitative estimate of drug-likeness (QED) is 0.498. The van der Waals surface area contributed by atoms with Gasteiger partial charge in [0.15, 0.2) is 11.9 Å². The first kappa shape index (κ1) is 17.4. The molecule has 0 N–H and O–H groups in total. The minimum atomic E-state index is -0.797. The molecule has 2 unspecified atom stereocenters. The van der Waals surface area contributed by atoms with Crippen LogP contribution < -0.4 is 0 Å². The fraction of sp³-hybridized carbons (Fsp3) is 0.643. The van der Waals surface area contributed by atoms with Crippen LogP contribution in [0.2, 0.25) is 0 Å². The van der Waals surface area contributed by atoms with Gasteiger partial charge in [-0.25, -0.2) is 0 Å². The minimum Gasteiger partial charge on any atom is -0.466 e. The van der Waals surface area contributed by atoms with Gasteiger partial charge in [0.05, 0.1) is 6.61 Å². The predicted molar refractivity (Wildman–Crippen MR) is 70.4 cm³/mol. The Kier molecular flexibility index (Phi) is 7.72. The van der Waals surface area contributed by atoms with Crippen LogP contribution in [0.15, 0.2) is 12.2 Å². The fourth-order valence-corrected chi connectivity index (χ4v) is 1.50. The van der Waals surface area contributed by atoms with Crippen LogP contribution in [0.3, 0.4) is 0 Å². The summed E-state index contributed by atoms with van der Waals surface area (Å²) >= 11 is 0. The van der Waals surface area contributed by atoms with Crippen LogP contribution in [0.25, 0.3) is 0 Å². The summed E-state index contributed by atoms with van der Waals surface area (Å²) in [7, 11) is 0. The van der Waals surface area contributed by atoms with Gasteiger partial charge < -0.3 is 9.47 Å². The highest BCUT2D eigenvalue weighted by atomic mass is 16.5. The molecule has 0 heterocycles. The lowest BCUT2D eigenvalue weighted by Crippen LogP contribution is -2.28. The van der Waals surface area contributed by atoms with Crippen molar-refractivity contribution < 1.29 is 23.9 Å². The molecule has 0 rings (SSSR count). The second kappa shape index (κ2) is 8.45. The molecule has 5 nitrogen and oxygen atoms in total. The Morgan fingerprint density at radius 1 is 1.05 bits per heavy atom. The van der Waals surface area contributed by atoms with Crippen molar-refractivity contribution in [3.63, 3.8) is 0 Å². The van der Waals surface area contributed by atoms with Crippen LogP contribution >= 0.6 is 0 Å². The highest BCUT2D eigenvalue weighted by molar-refractivity contribution is 5.98. The number of hydrogen-bond donors (Lipinski definition) is 0. The molecule has 5 heteroatoms. The molecule has 0 aromatic heterocycles. The zero-order valence-corrected chi connectivity index (χ0v) is 12.0. The maximum atomic E-state index is 11.8. The van der Waals surface area contributed by atoms with Gasteiger partial charge in [0.25, 0.3) is 0 Å². The summed E-state index contributed by atoms with van der Waals surface area (Å²) < 4.78 is 9.87. The van der Waals surface area contributed by atoms with Crippen LogP contribution in [-0.4, -0.2) is 30.4 Å². The van der Waals surface area contributed by atoms with Gasteiger partial charge in [0.1, 0.15) is 0 Å². The van der Waals surface area contributed by atoms with Crippen molar-refractivity contribution in [2.24, 2.45) is 5.92 Å². The molecule has 0 saturated heterocycles. The smallest absolute Gasteiger partial charge is 0.303 e. The molecule has 0 fully saturated rings. The second-order valence-corrected chi connectivity index (χ2v) is 4.73. The summed E-state index contributed by atoms with van der Waals surface area (Å²) in [4.78, 5) is 33.4. The van der Waals surface area contributed by atoms with E-state index in [0.717, 1.165) is 0 Å². The number of hydrogen-bond acceptors (Lipinski definition) is 5. The van der Waals surface area contributed by atoms with E-state index in [1.165, 1.54) is 13.8 Å². The summed E-state index contributed by atoms with van der Waals surface area (Å²) in [5.41, 5.74) is 0.360. The van der Waals surface area contributed by atoms with Crippen molar-refractivity contribution in [2.75, 3.05) is 6.61 Å². The van der Waals surface area contributed by atoms with Gasteiger partial charge in [-0.2, -0.15) is 0 Å². The third-order valence-corrected chi connectivity index (χ3v) is 2.51. The normalized spacial score (nSPS) is 13.3. The van der Waals surface area contributed by atoms with E-state index in [9.17, 15) is 14.4 Å². The van der Waals surface area contributed by atoms with Gasteiger partial charge in [-0.05, 0) is 31.3 Å². The number of carbonyl (C=O) groups excluding carboxylic acids is 3. The monoisotopic (exact) mass is 270 g/mol. The van der Waals surface area contributed by atoms with Gasteiger partial charge in [-0.3, -0.25) is 14.4 Å². The number of ether oxygens (including phenoxy) is 2. The van der Waals surface area contributed by atoms with Gasteiger partial charge in [-0.15, -0.1) is 0 Å². The van der Waals surface area contributed by atoms with Crippen LogP contribution in [0, 0.1) is 5.92 Å². The lowest BCUT2D eigenvalue weighted by molar-refractivity contribution is -0.152. The molecule has 0 aromatic rings. The largest absolute Gasteiger partial charge is 0.466 e. The molecular formula is C14H22O5. The van der Waals surface area contributed by atoms with E-state index >= 15 is 0 Å². The van der Waals surface area contributed by atoms with Crippen molar-refractivity contribution in [2.45, 2.75) is 46.6 Å². The Bertz CT molecular complexity index is 359. The van der Waals surface area contributed by atoms with Crippen molar-refractivity contribution in [1.29, 1.82) is 0 Å². The number of Topliss-reactive ketones (excluding diaryl/α,β-unsaturated/α-hetero) is 1. The molecule has 0 aromatic carbocycles. The van der Waals surface area contributed by atoms with Crippen molar-refractivity contribution in [3.05, 3.63) is 12.2 Å². The molecule has 0 aliphatic rings. The van der Waals surface area contributed by atoms with E-state index in [4.69, 9.17) is 9.47 Å². The van der Waals surface area contributed by atoms with Gasteiger partial charge in [0, 0.05) is 13.8 Å². The Morgan fingerprint density at radius 3 is 2.05 bits per heavy atom. The topological polar surface area (TPSA) is 69.7 Å². The summed E-state index contributed by atoms with van der Waals surface area (Å²) in [5, 5.41) is 0. The molecule has 19 heavy (non-hydrogen) atoms. The minimum absolute atomic E-state index is 0.0971. The third-order valence-electron chi connectivity index (χ3n) is 2.51. The molecule has 0 amide bonds. The maximum absolute atomic E-state index is 11.8. The molecule has 108 valence electrons. The van der Waals surface area contributed by atoms with Gasteiger partial charge >= 0.3 is 11.9 Å². The molecule has 2 atom stereocenters. The summed E-state index contributed by atoms with van der Waals surface area (Å²) in [6, 6.07) is 0. The first-order valence-corrected chi connectivity index (χ1v) is 6.24.